The third-order valence-electron chi connectivity index (χ3n) is 7.06. The highest BCUT2D eigenvalue weighted by molar-refractivity contribution is 5.90. The molecular formula is C32H57NO. The molecule has 0 unspecified atom stereocenters. The van der Waals surface area contributed by atoms with Gasteiger partial charge in [-0.1, -0.05) is 166 Å². The topological polar surface area (TPSA) is 29.1 Å². The third kappa shape index (κ3) is 21.2. The molecule has 0 saturated carbocycles. The normalized spacial score (nSPS) is 11.1. The van der Waals surface area contributed by atoms with Crippen molar-refractivity contribution in [3.63, 3.8) is 0 Å². The Morgan fingerprint density at radius 1 is 0.500 bits per heavy atom. The molecule has 1 amide bonds. The van der Waals surface area contributed by atoms with E-state index in [0.717, 1.165) is 12.1 Å². The van der Waals surface area contributed by atoms with E-state index >= 15 is 0 Å². The van der Waals surface area contributed by atoms with Crippen LogP contribution in [0.4, 0.5) is 5.69 Å². The Morgan fingerprint density at radius 2 is 0.824 bits per heavy atom. The molecule has 2 heteroatoms. The molecule has 196 valence electrons. The van der Waals surface area contributed by atoms with Crippen molar-refractivity contribution in [3.05, 3.63) is 30.3 Å². The van der Waals surface area contributed by atoms with Crippen LogP contribution in [-0.2, 0) is 4.79 Å². The average molecular weight is 472 g/mol. The van der Waals surface area contributed by atoms with Crippen molar-refractivity contribution in [3.8, 4) is 0 Å². The lowest BCUT2D eigenvalue weighted by molar-refractivity contribution is -0.116. The lowest BCUT2D eigenvalue weighted by Gasteiger charge is -2.05. The maximum absolute atomic E-state index is 11.9. The number of unbranched alkanes of at least 4 members (excludes halogenated alkanes) is 22. The lowest BCUT2D eigenvalue weighted by Crippen LogP contribution is -2.10. The first kappa shape index (κ1) is 30.7. The molecule has 1 aromatic carbocycles. The largest absolute Gasteiger partial charge is 0.326 e. The fourth-order valence-electron chi connectivity index (χ4n) is 4.82. The fourth-order valence-corrected chi connectivity index (χ4v) is 4.82. The van der Waals surface area contributed by atoms with E-state index in [-0.39, 0.29) is 5.91 Å². The molecule has 0 aliphatic carbocycles. The summed E-state index contributed by atoms with van der Waals surface area (Å²) >= 11 is 0. The molecule has 34 heavy (non-hydrogen) atoms. The van der Waals surface area contributed by atoms with Gasteiger partial charge in [-0.05, 0) is 18.6 Å². The highest BCUT2D eigenvalue weighted by Crippen LogP contribution is 2.16. The third-order valence-corrected chi connectivity index (χ3v) is 7.06. The van der Waals surface area contributed by atoms with E-state index in [1.807, 2.05) is 30.3 Å². The van der Waals surface area contributed by atoms with Gasteiger partial charge in [0.05, 0.1) is 0 Å². The zero-order chi connectivity index (χ0) is 24.4. The highest BCUT2D eigenvalue weighted by atomic mass is 16.1. The minimum Gasteiger partial charge on any atom is -0.326 e. The van der Waals surface area contributed by atoms with E-state index in [2.05, 4.69) is 12.2 Å². The highest BCUT2D eigenvalue weighted by Gasteiger charge is 2.01. The van der Waals surface area contributed by atoms with Crippen molar-refractivity contribution < 1.29 is 4.79 Å². The predicted molar refractivity (Wildman–Crippen MR) is 152 cm³/mol. The molecule has 0 saturated heterocycles. The van der Waals surface area contributed by atoms with Gasteiger partial charge in [0, 0.05) is 12.1 Å². The van der Waals surface area contributed by atoms with Crippen molar-refractivity contribution in [2.75, 3.05) is 5.32 Å². The Balaban J connectivity index is 1.69. The quantitative estimate of drug-likeness (QED) is 0.141. The van der Waals surface area contributed by atoms with Crippen LogP contribution < -0.4 is 5.32 Å². The number of hydrogen-bond acceptors (Lipinski definition) is 1. The van der Waals surface area contributed by atoms with Crippen LogP contribution in [0, 0.1) is 0 Å². The molecule has 2 nitrogen and oxygen atoms in total. The van der Waals surface area contributed by atoms with Gasteiger partial charge in [-0.2, -0.15) is 0 Å². The summed E-state index contributed by atoms with van der Waals surface area (Å²) in [5.74, 6) is 0.148. The first-order chi connectivity index (χ1) is 16.8. The first-order valence-electron chi connectivity index (χ1n) is 15.2. The van der Waals surface area contributed by atoms with Gasteiger partial charge in [-0.15, -0.1) is 0 Å². The molecule has 0 heterocycles. The van der Waals surface area contributed by atoms with Crippen LogP contribution in [0.3, 0.4) is 0 Å². The summed E-state index contributed by atoms with van der Waals surface area (Å²) in [4.78, 5) is 11.9. The average Bonchev–Trinajstić information content (AvgIpc) is 2.85. The van der Waals surface area contributed by atoms with Gasteiger partial charge in [-0.25, -0.2) is 0 Å². The molecule has 0 bridgehead atoms. The number of carbonyl (C=O) groups is 1. The fraction of sp³-hybridized carbons (Fsp3) is 0.781. The summed E-state index contributed by atoms with van der Waals surface area (Å²) in [6.07, 6.45) is 32.8. The zero-order valence-corrected chi connectivity index (χ0v) is 22.8. The van der Waals surface area contributed by atoms with Crippen LogP contribution in [-0.4, -0.2) is 5.91 Å². The Morgan fingerprint density at radius 3 is 1.18 bits per heavy atom. The van der Waals surface area contributed by atoms with Crippen LogP contribution in [0.25, 0.3) is 0 Å². The van der Waals surface area contributed by atoms with E-state index in [1.165, 1.54) is 141 Å². The second-order valence-corrected chi connectivity index (χ2v) is 10.4. The molecule has 0 atom stereocenters. The molecule has 1 aromatic rings. The van der Waals surface area contributed by atoms with Crippen LogP contribution in [0.5, 0.6) is 0 Å². The first-order valence-corrected chi connectivity index (χ1v) is 15.2. The predicted octanol–water partition coefficient (Wildman–Crippen LogP) is 11.0. The standard InChI is InChI=1S/C32H57NO/c1-2-3-4-5-6-7-8-9-10-11-12-13-14-15-16-17-18-19-20-21-22-23-27-30-32(34)33-31-28-25-24-26-29-31/h24-26,28-29H,2-23,27,30H2,1H3,(H,33,34). The Labute approximate surface area is 213 Å². The van der Waals surface area contributed by atoms with Gasteiger partial charge >= 0.3 is 0 Å². The summed E-state index contributed by atoms with van der Waals surface area (Å²) in [5.41, 5.74) is 0.904. The molecule has 0 aliphatic rings. The van der Waals surface area contributed by atoms with E-state index in [9.17, 15) is 4.79 Å². The van der Waals surface area contributed by atoms with Crippen LogP contribution >= 0.6 is 0 Å². The van der Waals surface area contributed by atoms with E-state index in [0.29, 0.717) is 6.42 Å². The minimum absolute atomic E-state index is 0.148. The molecule has 1 N–H and O–H groups in total. The number of carbonyl (C=O) groups excluding carboxylic acids is 1. The SMILES string of the molecule is CCCCCCCCCCCCCCCCCCCCCCCCCC(=O)Nc1ccccc1. The van der Waals surface area contributed by atoms with Crippen molar-refractivity contribution >= 4 is 11.6 Å². The second kappa shape index (κ2) is 24.8. The zero-order valence-electron chi connectivity index (χ0n) is 22.8. The molecule has 0 fully saturated rings. The van der Waals surface area contributed by atoms with Crippen molar-refractivity contribution in [1.29, 1.82) is 0 Å². The minimum atomic E-state index is 0.148. The summed E-state index contributed by atoms with van der Waals surface area (Å²) in [6, 6.07) is 9.76. The number of nitrogens with one attached hydrogen (secondary N) is 1. The van der Waals surface area contributed by atoms with E-state index in [4.69, 9.17) is 0 Å². The van der Waals surface area contributed by atoms with E-state index in [1.54, 1.807) is 0 Å². The summed E-state index contributed by atoms with van der Waals surface area (Å²) in [5, 5.41) is 2.97. The Hall–Kier alpha value is -1.31. The molecule has 0 radical (unpaired) electrons. The number of benzene rings is 1. The number of para-hydroxylation sites is 1. The van der Waals surface area contributed by atoms with Crippen molar-refractivity contribution in [1.82, 2.24) is 0 Å². The number of rotatable bonds is 25. The Kier molecular flexibility index (Phi) is 22.4. The summed E-state index contributed by atoms with van der Waals surface area (Å²) in [7, 11) is 0. The number of hydrogen-bond donors (Lipinski definition) is 1. The van der Waals surface area contributed by atoms with Crippen molar-refractivity contribution in [2.24, 2.45) is 0 Å². The van der Waals surface area contributed by atoms with Gasteiger partial charge in [0.25, 0.3) is 0 Å². The molecule has 0 aliphatic heterocycles. The maximum Gasteiger partial charge on any atom is 0.224 e. The Bertz CT molecular complexity index is 541. The molecular weight excluding hydrogens is 414 g/mol. The monoisotopic (exact) mass is 471 g/mol. The molecule has 0 spiro atoms. The summed E-state index contributed by atoms with van der Waals surface area (Å²) < 4.78 is 0. The van der Waals surface area contributed by atoms with Gasteiger partial charge in [-0.3, -0.25) is 4.79 Å². The lowest BCUT2D eigenvalue weighted by atomic mass is 10.0. The van der Waals surface area contributed by atoms with E-state index < -0.39 is 0 Å². The second-order valence-electron chi connectivity index (χ2n) is 10.4. The van der Waals surface area contributed by atoms with Gasteiger partial charge < -0.3 is 5.32 Å². The van der Waals surface area contributed by atoms with Gasteiger partial charge in [0.2, 0.25) is 5.91 Å². The smallest absolute Gasteiger partial charge is 0.224 e. The van der Waals surface area contributed by atoms with Gasteiger partial charge in [0.15, 0.2) is 0 Å². The van der Waals surface area contributed by atoms with Crippen LogP contribution in [0.15, 0.2) is 30.3 Å². The van der Waals surface area contributed by atoms with Crippen molar-refractivity contribution in [2.45, 2.75) is 161 Å². The van der Waals surface area contributed by atoms with Crippen LogP contribution in [0.1, 0.15) is 161 Å². The van der Waals surface area contributed by atoms with Crippen LogP contribution in [0.2, 0.25) is 0 Å². The molecule has 1 rings (SSSR count). The maximum atomic E-state index is 11.9. The number of amides is 1. The van der Waals surface area contributed by atoms with Gasteiger partial charge in [0.1, 0.15) is 0 Å². The molecule has 0 aromatic heterocycles. The summed E-state index contributed by atoms with van der Waals surface area (Å²) in [6.45, 7) is 2.30. The number of anilines is 1.